The average molecular weight is 271 g/mol. The maximum absolute atomic E-state index is 0. The number of hydrogen-bond donors (Lipinski definition) is 0. The predicted octanol–water partition coefficient (Wildman–Crippen LogP) is -2.95. The third kappa shape index (κ3) is 23.5. The van der Waals surface area contributed by atoms with Crippen LogP contribution in [-0.2, 0) is 47.6 Å². The summed E-state index contributed by atoms with van der Waals surface area (Å²) in [4.78, 5) is 0. The third-order valence-electron chi connectivity index (χ3n) is 0. The molecule has 0 saturated heterocycles. The number of hydrogen-bond acceptors (Lipinski definition) is 0. The minimum atomic E-state index is 0. The minimum Gasteiger partial charge on any atom is -1.00 e. The van der Waals surface area contributed by atoms with Crippen molar-refractivity contribution in [1.82, 2.24) is 0 Å². The summed E-state index contributed by atoms with van der Waals surface area (Å²) < 4.78 is 0. The topological polar surface area (TPSA) is 0 Å². The maximum Gasteiger partial charge on any atom is 2.00 e. The molecule has 0 heterocycles. The van der Waals surface area contributed by atoms with Crippen LogP contribution in [0, 0.1) is 0 Å². The molecule has 0 aromatic carbocycles. The molecule has 0 unspecified atom stereocenters. The molecule has 6 heteroatoms. The second-order valence-corrected chi connectivity index (χ2v) is 0. The molecule has 6 heavy (non-hydrogen) atoms. The van der Waals surface area contributed by atoms with E-state index in [0.717, 1.165) is 0 Å². The Morgan fingerprint density at radius 1 is 1.17 bits per heavy atom. The molecular weight excluding hydrogens is 260 g/mol. The van der Waals surface area contributed by atoms with E-state index in [-0.39, 0.29) is 150 Å². The Morgan fingerprint density at radius 3 is 1.17 bits per heavy atom. The molecule has 0 fully saturated rings. The van der Waals surface area contributed by atoms with Gasteiger partial charge in [0, 0.05) is 47.6 Å². The first kappa shape index (κ1) is 46.3. The fourth-order valence-corrected chi connectivity index (χ4v) is 0. The predicted molar refractivity (Wildman–Crippen MR) is 37.2 cm³/mol. The first-order chi connectivity index (χ1) is 0. The standard InChI is InChI=1S/Al.Mg.Sc.H4Si.Sr.Ti.7H/h;;;1H4;;;;;;;;;/q;+2;;;+2;;;;;4*-1. The molecule has 1 radical (unpaired) electrons. The van der Waals surface area contributed by atoms with Crippen molar-refractivity contribution >= 4 is 96.9 Å². The van der Waals surface area contributed by atoms with E-state index in [9.17, 15) is 0 Å². The van der Waals surface area contributed by atoms with Crippen LogP contribution in [0.3, 0.4) is 0 Å². The molecule has 0 aromatic rings. The molecule has 0 saturated carbocycles. The van der Waals surface area contributed by atoms with Gasteiger partial charge in [0.1, 0.15) is 0 Å². The maximum atomic E-state index is 0. The Balaban J connectivity index is 0. The summed E-state index contributed by atoms with van der Waals surface area (Å²) in [5.74, 6) is 0. The van der Waals surface area contributed by atoms with Gasteiger partial charge in [-0.15, -0.1) is 0 Å². The molecule has 0 N–H and O–H groups in total. The first-order valence-corrected chi connectivity index (χ1v) is 0. The molecule has 0 nitrogen and oxygen atoms in total. The fourth-order valence-electron chi connectivity index (χ4n) is 0. The van der Waals surface area contributed by atoms with E-state index in [1.165, 1.54) is 0 Å². The SMILES string of the molecule is [AlH3].[H-].[H-].[H-].[H-].[Mg+2].[Sc].[SiH4].[Sr+2].[Ti]. The van der Waals surface area contributed by atoms with Gasteiger partial charge in [-0.2, -0.15) is 0 Å². The average Bonchev–Trinajstić information content (AvgIpc) is 0. The van der Waals surface area contributed by atoms with Gasteiger partial charge in [0.25, 0.3) is 0 Å². The van der Waals surface area contributed by atoms with Crippen LogP contribution in [0.15, 0.2) is 0 Å². The van der Waals surface area contributed by atoms with Crippen molar-refractivity contribution in [3.8, 4) is 0 Å². The van der Waals surface area contributed by atoms with Gasteiger partial charge in [-0.25, -0.2) is 0 Å². The molecule has 0 spiro atoms. The summed E-state index contributed by atoms with van der Waals surface area (Å²) in [7, 11) is 0. The van der Waals surface area contributed by atoms with Crippen LogP contribution < -0.4 is 0 Å². The van der Waals surface area contributed by atoms with Crippen LogP contribution in [0.1, 0.15) is 5.71 Å². The third-order valence-corrected chi connectivity index (χ3v) is 0. The van der Waals surface area contributed by atoms with Crippen molar-refractivity contribution in [3.05, 3.63) is 0 Å². The van der Waals surface area contributed by atoms with E-state index in [1.807, 2.05) is 0 Å². The summed E-state index contributed by atoms with van der Waals surface area (Å²) >= 11 is 0. The molecule has 0 aliphatic rings. The molecule has 0 bridgehead atoms. The fraction of sp³-hybridized carbons (Fsp3) is 0. The Morgan fingerprint density at radius 2 is 1.17 bits per heavy atom. The Kier molecular flexibility index (Phi) is 259. The Bertz CT molecular complexity index is 25.2. The Labute approximate surface area is 147 Å². The first-order valence-electron chi connectivity index (χ1n) is 0. The molecule has 0 aliphatic carbocycles. The van der Waals surface area contributed by atoms with Crippen LogP contribution in [-0.4, -0.2) is 96.9 Å². The van der Waals surface area contributed by atoms with Crippen molar-refractivity contribution in [2.75, 3.05) is 0 Å². The van der Waals surface area contributed by atoms with Crippen LogP contribution in [0.25, 0.3) is 0 Å². The summed E-state index contributed by atoms with van der Waals surface area (Å²) in [5, 5.41) is 0. The molecule has 29 valence electrons. The van der Waals surface area contributed by atoms with E-state index in [2.05, 4.69) is 0 Å². The van der Waals surface area contributed by atoms with Gasteiger partial charge in [0.05, 0.1) is 0 Å². The normalized spacial score (nSPS) is 0. The van der Waals surface area contributed by atoms with Gasteiger partial charge in [-0.3, -0.25) is 0 Å². The van der Waals surface area contributed by atoms with Crippen LogP contribution in [0.4, 0.5) is 0 Å². The molecule has 0 amide bonds. The smallest absolute Gasteiger partial charge is 1.00 e. The largest absolute Gasteiger partial charge is 2.00 e. The summed E-state index contributed by atoms with van der Waals surface area (Å²) in [6, 6.07) is 0. The van der Waals surface area contributed by atoms with Crippen LogP contribution >= 0.6 is 0 Å². The zero-order valence-corrected chi connectivity index (χ0v) is 10.7. The monoisotopic (exact) mass is 271 g/mol. The minimum absolute atomic E-state index is 0. The van der Waals surface area contributed by atoms with E-state index >= 15 is 0 Å². The molecule has 0 rings (SSSR count). The van der Waals surface area contributed by atoms with Crippen molar-refractivity contribution < 1.29 is 53.3 Å². The molecule has 0 aromatic heterocycles. The quantitative estimate of drug-likeness (QED) is 0.413. The summed E-state index contributed by atoms with van der Waals surface area (Å²) in [5.41, 5.74) is 0. The zero-order valence-electron chi connectivity index (χ0n) is 6.49. The second-order valence-electron chi connectivity index (χ2n) is 0. The summed E-state index contributed by atoms with van der Waals surface area (Å²) in [6.45, 7) is 0. The van der Waals surface area contributed by atoms with Gasteiger partial charge >= 0.3 is 68.5 Å². The van der Waals surface area contributed by atoms with E-state index in [1.54, 1.807) is 0 Å². The van der Waals surface area contributed by atoms with E-state index in [0.29, 0.717) is 0 Å². The van der Waals surface area contributed by atoms with Gasteiger partial charge in [-0.1, -0.05) is 0 Å². The number of rotatable bonds is 0. The van der Waals surface area contributed by atoms with Gasteiger partial charge in [-0.05, 0) is 11.0 Å². The summed E-state index contributed by atoms with van der Waals surface area (Å²) in [6.07, 6.45) is 0. The second kappa shape index (κ2) is 33.6. The molecular formula is H11AlMgScSiSrTi. The Hall–Kier alpha value is 4.58. The molecule has 0 aliphatic heterocycles. The van der Waals surface area contributed by atoms with Gasteiger partial charge in [0.15, 0.2) is 17.4 Å². The van der Waals surface area contributed by atoms with Gasteiger partial charge < -0.3 is 5.71 Å². The molecule has 0 atom stereocenters. The van der Waals surface area contributed by atoms with Crippen molar-refractivity contribution in [2.45, 2.75) is 0 Å². The van der Waals surface area contributed by atoms with Crippen molar-refractivity contribution in [2.24, 2.45) is 0 Å². The van der Waals surface area contributed by atoms with Crippen LogP contribution in [0.2, 0.25) is 0 Å². The zero-order chi connectivity index (χ0) is 0. The van der Waals surface area contributed by atoms with Gasteiger partial charge in [0.2, 0.25) is 0 Å². The van der Waals surface area contributed by atoms with E-state index < -0.39 is 0 Å². The van der Waals surface area contributed by atoms with Crippen molar-refractivity contribution in [3.63, 3.8) is 0 Å². The van der Waals surface area contributed by atoms with Crippen molar-refractivity contribution in [1.29, 1.82) is 0 Å². The van der Waals surface area contributed by atoms with E-state index in [4.69, 9.17) is 0 Å². The van der Waals surface area contributed by atoms with Crippen LogP contribution in [0.5, 0.6) is 0 Å².